The maximum Gasteiger partial charge on any atom is 0.238 e. The number of sulfonamides is 1. The molecule has 1 heterocycles. The standard InChI is InChI=1S/C22H32N4O4S/c1-7-25(14-21(28)24-22(4,5)6)13-20(27)19-12-15(2)26(16(19)3)17-8-10-18(11-9-17)31(23,29)30/h8-12H,7,13-14H2,1-6H3,(H,24,28)(H2,23,29,30). The summed E-state index contributed by atoms with van der Waals surface area (Å²) < 4.78 is 24.9. The molecule has 1 aromatic heterocycles. The number of nitrogens with two attached hydrogens (primary N) is 1. The lowest BCUT2D eigenvalue weighted by Crippen LogP contribution is -2.46. The molecule has 9 heteroatoms. The second-order valence-corrected chi connectivity index (χ2v) is 10.2. The van der Waals surface area contributed by atoms with Crippen molar-refractivity contribution < 1.29 is 18.0 Å². The summed E-state index contributed by atoms with van der Waals surface area (Å²) in [5.74, 6) is -0.200. The number of benzene rings is 1. The molecule has 31 heavy (non-hydrogen) atoms. The maximum absolute atomic E-state index is 13.0. The molecule has 0 fully saturated rings. The minimum absolute atomic E-state index is 0.0298. The summed E-state index contributed by atoms with van der Waals surface area (Å²) >= 11 is 0. The molecular weight excluding hydrogens is 416 g/mol. The van der Waals surface area contributed by atoms with Crippen LogP contribution in [-0.4, -0.2) is 54.7 Å². The first-order valence-corrected chi connectivity index (χ1v) is 11.7. The zero-order valence-corrected chi connectivity index (χ0v) is 19.8. The molecule has 2 aromatic rings. The number of ketones is 1. The van der Waals surface area contributed by atoms with Crippen LogP contribution in [0.1, 0.15) is 49.4 Å². The molecule has 170 valence electrons. The van der Waals surface area contributed by atoms with Crippen LogP contribution in [0.3, 0.4) is 0 Å². The van der Waals surface area contributed by atoms with Crippen molar-refractivity contribution >= 4 is 21.7 Å². The van der Waals surface area contributed by atoms with Crippen LogP contribution in [0, 0.1) is 13.8 Å². The summed E-state index contributed by atoms with van der Waals surface area (Å²) in [5.41, 5.74) is 2.57. The zero-order chi connectivity index (χ0) is 23.6. The smallest absolute Gasteiger partial charge is 0.238 e. The van der Waals surface area contributed by atoms with E-state index in [-0.39, 0.29) is 35.2 Å². The van der Waals surface area contributed by atoms with E-state index >= 15 is 0 Å². The fourth-order valence-corrected chi connectivity index (χ4v) is 3.97. The Hall–Kier alpha value is -2.49. The van der Waals surface area contributed by atoms with Gasteiger partial charge in [0.05, 0.1) is 18.0 Å². The average molecular weight is 449 g/mol. The van der Waals surface area contributed by atoms with Gasteiger partial charge >= 0.3 is 0 Å². The predicted molar refractivity (Wildman–Crippen MR) is 121 cm³/mol. The number of hydrogen-bond acceptors (Lipinski definition) is 5. The zero-order valence-electron chi connectivity index (χ0n) is 19.0. The average Bonchev–Trinajstić information content (AvgIpc) is 2.93. The largest absolute Gasteiger partial charge is 0.350 e. The highest BCUT2D eigenvalue weighted by molar-refractivity contribution is 7.89. The van der Waals surface area contributed by atoms with Crippen molar-refractivity contribution in [2.75, 3.05) is 19.6 Å². The maximum atomic E-state index is 13.0. The van der Waals surface area contributed by atoms with Crippen LogP contribution in [0.4, 0.5) is 0 Å². The Morgan fingerprint density at radius 2 is 1.68 bits per heavy atom. The van der Waals surface area contributed by atoms with Gasteiger partial charge in [-0.1, -0.05) is 6.92 Å². The number of carbonyl (C=O) groups excluding carboxylic acids is 2. The summed E-state index contributed by atoms with van der Waals surface area (Å²) in [7, 11) is -3.77. The van der Waals surface area contributed by atoms with Gasteiger partial charge in [-0.05, 0) is 71.5 Å². The SMILES string of the molecule is CCN(CC(=O)NC(C)(C)C)CC(=O)c1cc(C)n(-c2ccc(S(N)(=O)=O)cc2)c1C. The summed E-state index contributed by atoms with van der Waals surface area (Å²) in [5, 5.41) is 8.07. The number of likely N-dealkylation sites (N-methyl/N-ethyl adjacent to an activating group) is 1. The second kappa shape index (κ2) is 9.33. The molecule has 1 aromatic carbocycles. The highest BCUT2D eigenvalue weighted by atomic mass is 32.2. The third-order valence-electron chi connectivity index (χ3n) is 4.85. The van der Waals surface area contributed by atoms with Gasteiger partial charge in [0.15, 0.2) is 5.78 Å². The first-order valence-electron chi connectivity index (χ1n) is 10.1. The summed E-state index contributed by atoms with van der Waals surface area (Å²) in [6.45, 7) is 12.2. The van der Waals surface area contributed by atoms with Crippen LogP contribution in [-0.2, 0) is 14.8 Å². The van der Waals surface area contributed by atoms with E-state index < -0.39 is 10.0 Å². The molecule has 3 N–H and O–H groups in total. The Morgan fingerprint density at radius 1 is 1.10 bits per heavy atom. The number of Topliss-reactive ketones (excluding diaryl/α,β-unsaturated/α-hetero) is 1. The quantitative estimate of drug-likeness (QED) is 0.601. The third kappa shape index (κ3) is 6.49. The Kier molecular flexibility index (Phi) is 7.46. The molecule has 0 aliphatic heterocycles. The molecule has 0 saturated heterocycles. The number of nitrogens with one attached hydrogen (secondary N) is 1. The summed E-state index contributed by atoms with van der Waals surface area (Å²) in [6.07, 6.45) is 0. The van der Waals surface area contributed by atoms with E-state index in [1.54, 1.807) is 17.0 Å². The lowest BCUT2D eigenvalue weighted by Gasteiger charge is -2.24. The molecule has 0 radical (unpaired) electrons. The van der Waals surface area contributed by atoms with Crippen LogP contribution < -0.4 is 10.5 Å². The predicted octanol–water partition coefficient (Wildman–Crippen LogP) is 2.16. The monoisotopic (exact) mass is 448 g/mol. The number of carbonyl (C=O) groups is 2. The van der Waals surface area contributed by atoms with Gasteiger partial charge in [-0.2, -0.15) is 0 Å². The van der Waals surface area contributed by atoms with Gasteiger partial charge in [0, 0.05) is 28.2 Å². The van der Waals surface area contributed by atoms with Crippen molar-refractivity contribution in [1.82, 2.24) is 14.8 Å². The first-order chi connectivity index (χ1) is 14.2. The number of hydrogen-bond donors (Lipinski definition) is 2. The van der Waals surface area contributed by atoms with Crippen molar-refractivity contribution in [3.63, 3.8) is 0 Å². The van der Waals surface area contributed by atoms with E-state index in [0.717, 1.165) is 17.1 Å². The molecule has 2 rings (SSSR count). The molecule has 0 spiro atoms. The number of aromatic nitrogens is 1. The molecule has 0 saturated carbocycles. The van der Waals surface area contributed by atoms with Crippen molar-refractivity contribution in [3.8, 4) is 5.69 Å². The van der Waals surface area contributed by atoms with Crippen LogP contribution in [0.25, 0.3) is 5.69 Å². The minimum Gasteiger partial charge on any atom is -0.350 e. The topological polar surface area (TPSA) is 114 Å². The van der Waals surface area contributed by atoms with Crippen LogP contribution in [0.2, 0.25) is 0 Å². The summed E-state index contributed by atoms with van der Waals surface area (Å²) in [4.78, 5) is 27.1. The molecule has 8 nitrogen and oxygen atoms in total. The Bertz CT molecular complexity index is 1060. The van der Waals surface area contributed by atoms with Crippen molar-refractivity contribution in [2.24, 2.45) is 5.14 Å². The van der Waals surface area contributed by atoms with Gasteiger partial charge in [0.1, 0.15) is 0 Å². The Labute approximate surface area is 184 Å². The van der Waals surface area contributed by atoms with E-state index in [0.29, 0.717) is 12.1 Å². The molecule has 0 aliphatic rings. The van der Waals surface area contributed by atoms with E-state index in [4.69, 9.17) is 5.14 Å². The molecule has 0 aliphatic carbocycles. The summed E-state index contributed by atoms with van der Waals surface area (Å²) in [6, 6.07) is 8.01. The van der Waals surface area contributed by atoms with E-state index in [1.807, 2.05) is 52.2 Å². The molecule has 0 unspecified atom stereocenters. The van der Waals surface area contributed by atoms with Crippen LogP contribution in [0.5, 0.6) is 0 Å². The normalized spacial score (nSPS) is 12.3. The van der Waals surface area contributed by atoms with Crippen molar-refractivity contribution in [1.29, 1.82) is 0 Å². The number of primary sulfonamides is 1. The first kappa shape index (κ1) is 24.8. The molecular formula is C22H32N4O4S. The van der Waals surface area contributed by atoms with Gasteiger partial charge < -0.3 is 9.88 Å². The third-order valence-corrected chi connectivity index (χ3v) is 5.78. The molecule has 0 atom stereocenters. The fraction of sp³-hybridized carbons (Fsp3) is 0.455. The highest BCUT2D eigenvalue weighted by Gasteiger charge is 2.21. The van der Waals surface area contributed by atoms with Crippen LogP contribution in [0.15, 0.2) is 35.2 Å². The molecule has 1 amide bonds. The fourth-order valence-electron chi connectivity index (χ4n) is 3.46. The number of nitrogens with zero attached hydrogens (tertiary/aromatic N) is 2. The van der Waals surface area contributed by atoms with Gasteiger partial charge in [-0.25, -0.2) is 13.6 Å². The number of amides is 1. The lowest BCUT2D eigenvalue weighted by atomic mass is 10.1. The van der Waals surface area contributed by atoms with Crippen molar-refractivity contribution in [3.05, 3.63) is 47.3 Å². The lowest BCUT2D eigenvalue weighted by molar-refractivity contribution is -0.123. The van der Waals surface area contributed by atoms with Gasteiger partial charge in [0.2, 0.25) is 15.9 Å². The minimum atomic E-state index is -3.77. The van der Waals surface area contributed by atoms with E-state index in [9.17, 15) is 18.0 Å². The van der Waals surface area contributed by atoms with Gasteiger partial charge in [0.25, 0.3) is 0 Å². The Morgan fingerprint density at radius 3 is 2.16 bits per heavy atom. The van der Waals surface area contributed by atoms with E-state index in [2.05, 4.69) is 5.32 Å². The number of rotatable bonds is 8. The highest BCUT2D eigenvalue weighted by Crippen LogP contribution is 2.22. The molecule has 0 bridgehead atoms. The van der Waals surface area contributed by atoms with Crippen molar-refractivity contribution in [2.45, 2.75) is 52.0 Å². The van der Waals surface area contributed by atoms with Crippen LogP contribution >= 0.6 is 0 Å². The van der Waals surface area contributed by atoms with E-state index in [1.165, 1.54) is 12.1 Å². The van der Waals surface area contributed by atoms with Gasteiger partial charge in [-0.15, -0.1) is 0 Å². The second-order valence-electron chi connectivity index (χ2n) is 8.68. The van der Waals surface area contributed by atoms with Gasteiger partial charge in [-0.3, -0.25) is 14.5 Å². The number of aryl methyl sites for hydroxylation is 1. The Balaban J connectivity index is 2.22.